The Bertz CT molecular complexity index is 6590. The molecule has 0 spiro atoms. The second-order valence-corrected chi connectivity index (χ2v) is 45.8. The number of ketones is 2. The van der Waals surface area contributed by atoms with Crippen molar-refractivity contribution >= 4 is 71.7 Å². The number of ether oxygens (including phenoxy) is 1. The molecule has 0 aliphatic carbocycles. The summed E-state index contributed by atoms with van der Waals surface area (Å²) in [6, 6.07) is 90.7. The zero-order valence-electron chi connectivity index (χ0n) is 73.9. The van der Waals surface area contributed by atoms with E-state index in [1.165, 1.54) is 21.5 Å². The second kappa shape index (κ2) is 38.7. The fraction of sp³-hybridized carbons (Fsp3) is 0.269. The highest BCUT2D eigenvalue weighted by Gasteiger charge is 2.58. The van der Waals surface area contributed by atoms with Gasteiger partial charge >= 0.3 is 0 Å². The Morgan fingerprint density at radius 3 is 0.756 bits per heavy atom. The van der Waals surface area contributed by atoms with E-state index in [0.29, 0.717) is 24.4 Å². The summed E-state index contributed by atoms with van der Waals surface area (Å²) in [6.07, 6.45) is 0.730. The summed E-state index contributed by atoms with van der Waals surface area (Å²) in [5.41, 5.74) is 11.0. The van der Waals surface area contributed by atoms with Gasteiger partial charge in [-0.3, -0.25) is 9.59 Å². The van der Waals surface area contributed by atoms with Crippen molar-refractivity contribution in [3.8, 4) is 0 Å². The van der Waals surface area contributed by atoms with Gasteiger partial charge in [-0.05, 0) is 174 Å². The van der Waals surface area contributed by atoms with Gasteiger partial charge in [0.1, 0.15) is 11.6 Å². The first-order valence-corrected chi connectivity index (χ1v) is 52.7. The summed E-state index contributed by atoms with van der Waals surface area (Å²) in [5, 5.41) is 0. The van der Waals surface area contributed by atoms with E-state index in [4.69, 9.17) is 4.74 Å². The van der Waals surface area contributed by atoms with Crippen molar-refractivity contribution in [2.45, 2.75) is 171 Å². The third-order valence-electron chi connectivity index (χ3n) is 26.2. The van der Waals surface area contributed by atoms with Gasteiger partial charge < -0.3 is 4.74 Å². The van der Waals surface area contributed by atoms with E-state index in [1.807, 2.05) is 230 Å². The maximum absolute atomic E-state index is 14.7. The third-order valence-corrected chi connectivity index (χ3v) is 37.6. The average molecular weight is 1870 g/mol. The Morgan fingerprint density at radius 1 is 0.260 bits per heavy atom. The molecule has 5 fully saturated rings. The van der Waals surface area contributed by atoms with Crippen molar-refractivity contribution in [1.29, 1.82) is 0 Å². The van der Waals surface area contributed by atoms with E-state index >= 15 is 0 Å². The molecule has 18 rings (SSSR count). The van der Waals surface area contributed by atoms with Crippen molar-refractivity contribution in [2.24, 2.45) is 11.8 Å². The highest BCUT2D eigenvalue weighted by molar-refractivity contribution is 7.90. The molecule has 0 saturated carbocycles. The van der Waals surface area contributed by atoms with Crippen LogP contribution in [-0.2, 0) is 74.5 Å². The summed E-state index contributed by atoms with van der Waals surface area (Å²) in [5.74, 6) is -1.25. The Labute approximate surface area is 771 Å². The topological polar surface area (TPSA) is 268 Å². The highest BCUT2D eigenvalue weighted by atomic mass is 32.2. The third kappa shape index (κ3) is 19.1. The number of fused-ring (bicyclic) bond motifs is 3. The molecule has 0 radical (unpaired) electrons. The van der Waals surface area contributed by atoms with Crippen LogP contribution in [0.3, 0.4) is 0 Å². The SMILES string of the molecule is CCOC1=C2CN(S(=O)(=O)c3ccc(C)cc3)C(c3ccccc3)CC2N(S(=O)(=O)c2ccc(C)cc2)C(c2ccccc2)C1.Cc1ccc(S(=O)(=O)N2C[C@H]3C(=O)C[C@@H](c4ccccc4)N(S(=O)(=O)c4ccc(C)cc4)[C@H]3C[C@H]2c2ccccc2)cc1.Cc1ccc(S(=O)(=O)N2C[C@H]3C(=O)C[C@H](c4ccccc4)N(S(=O)(=O)c4ccc(C)cc4)[C@H]3C[C@H]2c2ccccc2)cc1. The standard InChI is InChI=1S/C36H38N2O5S2.2C34H34N2O5S2/c1-4-43-36-24-34(29-13-9-6-10-14-29)38(45(41,42)31-21-17-27(3)18-22-31)35-23-33(28-11-7-5-8-12-28)37(25-32(35)36)44(39,40)30-19-15-26(2)16-20-30;2*1-24-13-17-28(18-14-24)42(38,39)35-23-30-33(21-31(35)26-9-5-3-6-10-26)36(43(40,41)29-19-15-25(2)16-20-29)32(22-34(30)37)27-11-7-4-8-12-27/h5-22,33-35H,4,23-25H2,1-3H3;2*3-20,30-33H,21-23H2,1-2H3/t;30-,31+,32+,33+;30-,31+,32-,33+/m.11/s1. The summed E-state index contributed by atoms with van der Waals surface area (Å²) >= 11 is 0. The van der Waals surface area contributed by atoms with Crippen LogP contribution in [-0.4, -0.2) is 132 Å². The Hall–Kier alpha value is -11.0. The van der Waals surface area contributed by atoms with Gasteiger partial charge in [-0.1, -0.05) is 288 Å². The van der Waals surface area contributed by atoms with Gasteiger partial charge in [-0.2, -0.15) is 25.8 Å². The molecule has 12 aromatic rings. The predicted molar refractivity (Wildman–Crippen MR) is 506 cm³/mol. The van der Waals surface area contributed by atoms with Crippen LogP contribution in [0.1, 0.15) is 148 Å². The van der Waals surface area contributed by atoms with Crippen LogP contribution in [0.15, 0.2) is 368 Å². The molecule has 0 N–H and O–H groups in total. The van der Waals surface area contributed by atoms with Crippen molar-refractivity contribution < 1.29 is 64.8 Å². The van der Waals surface area contributed by atoms with Gasteiger partial charge in [0.2, 0.25) is 60.1 Å². The number of aryl methyl sites for hydroxylation is 6. The number of carbonyl (C=O) groups excluding carboxylic acids is 2. The largest absolute Gasteiger partial charge is 0.498 e. The van der Waals surface area contributed by atoms with Crippen LogP contribution >= 0.6 is 0 Å². The first kappa shape index (κ1) is 93.2. The molecule has 0 aromatic heterocycles. The van der Waals surface area contributed by atoms with Crippen LogP contribution in [0.4, 0.5) is 0 Å². The number of hydrogen-bond acceptors (Lipinski definition) is 15. The molecule has 0 amide bonds. The Kier molecular flexibility index (Phi) is 27.5. The van der Waals surface area contributed by atoms with E-state index in [1.54, 1.807) is 150 Å². The van der Waals surface area contributed by atoms with Crippen molar-refractivity contribution in [3.63, 3.8) is 0 Å². The van der Waals surface area contributed by atoms with Crippen LogP contribution in [0.25, 0.3) is 0 Å². The smallest absolute Gasteiger partial charge is 0.244 e. The lowest BCUT2D eigenvalue weighted by Gasteiger charge is -2.51. The minimum Gasteiger partial charge on any atom is -0.498 e. The van der Waals surface area contributed by atoms with Crippen LogP contribution < -0.4 is 0 Å². The van der Waals surface area contributed by atoms with Crippen molar-refractivity contribution in [1.82, 2.24) is 25.8 Å². The lowest BCUT2D eigenvalue weighted by atomic mass is 9.77. The number of benzene rings is 12. The molecule has 12 aromatic carbocycles. The number of sulfonamides is 6. The van der Waals surface area contributed by atoms with Crippen LogP contribution in [0.5, 0.6) is 0 Å². The van der Waals surface area contributed by atoms with Gasteiger partial charge in [0.15, 0.2) is 0 Å². The normalized spacial score (nSPS) is 22.8. The number of piperidine rings is 5. The minimum absolute atomic E-state index is 0.0111. The molecule has 131 heavy (non-hydrogen) atoms. The van der Waals surface area contributed by atoms with Crippen molar-refractivity contribution in [3.05, 3.63) is 406 Å². The van der Waals surface area contributed by atoms with Gasteiger partial charge in [0, 0.05) is 68.4 Å². The number of carbonyl (C=O) groups is 2. The first-order valence-electron chi connectivity index (χ1n) is 44.0. The molecule has 11 atom stereocenters. The molecule has 21 nitrogen and oxygen atoms in total. The van der Waals surface area contributed by atoms with Crippen LogP contribution in [0, 0.1) is 53.4 Å². The Morgan fingerprint density at radius 2 is 0.489 bits per heavy atom. The van der Waals surface area contributed by atoms with Gasteiger partial charge in [-0.15, -0.1) is 0 Å². The van der Waals surface area contributed by atoms with Crippen LogP contribution in [0.2, 0.25) is 0 Å². The number of hydrogen-bond donors (Lipinski definition) is 0. The molecule has 27 heteroatoms. The van der Waals surface area contributed by atoms with Gasteiger partial charge in [-0.25, -0.2) is 50.5 Å². The molecular formula is C104H106N6O15S6. The maximum Gasteiger partial charge on any atom is 0.244 e. The first-order chi connectivity index (χ1) is 62.7. The van der Waals surface area contributed by atoms with E-state index in [9.17, 15) is 60.1 Å². The van der Waals surface area contributed by atoms with E-state index in [-0.39, 0.29) is 92.7 Å². The Balaban J connectivity index is 0.000000144. The number of nitrogens with zero attached hydrogens (tertiary/aromatic N) is 6. The molecule has 6 aliphatic heterocycles. The quantitative estimate of drug-likeness (QED) is 0.0686. The fourth-order valence-electron chi connectivity index (χ4n) is 19.3. The second-order valence-electron chi connectivity index (χ2n) is 34.6. The van der Waals surface area contributed by atoms with E-state index in [2.05, 4.69) is 0 Å². The summed E-state index contributed by atoms with van der Waals surface area (Å²) in [7, 11) is -24.2. The zero-order chi connectivity index (χ0) is 92.5. The zero-order valence-corrected chi connectivity index (χ0v) is 78.8. The van der Waals surface area contributed by atoms with Crippen molar-refractivity contribution in [2.75, 3.05) is 26.2 Å². The molecule has 3 unspecified atom stereocenters. The average Bonchev–Trinajstić information content (AvgIpc) is 0.730. The number of Topliss-reactive ketones (excluding diaryl/α,β-unsaturated/α-hetero) is 2. The lowest BCUT2D eigenvalue weighted by Crippen LogP contribution is -2.60. The molecule has 678 valence electrons. The van der Waals surface area contributed by atoms with E-state index in [0.717, 1.165) is 66.8 Å². The summed E-state index contributed by atoms with van der Waals surface area (Å²) in [6.45, 7) is 13.5. The maximum atomic E-state index is 14.7. The van der Waals surface area contributed by atoms with Gasteiger partial charge in [0.25, 0.3) is 0 Å². The minimum atomic E-state index is -4.07. The van der Waals surface area contributed by atoms with E-state index < -0.39 is 126 Å². The summed E-state index contributed by atoms with van der Waals surface area (Å²) in [4.78, 5) is 28.8. The molecular weight excluding hydrogens is 1770 g/mol. The predicted octanol–water partition coefficient (Wildman–Crippen LogP) is 18.6. The fourth-order valence-corrected chi connectivity index (χ4v) is 29.7. The monoisotopic (exact) mass is 1870 g/mol. The molecule has 6 heterocycles. The lowest BCUT2D eigenvalue weighted by molar-refractivity contribution is -0.133. The summed E-state index contributed by atoms with van der Waals surface area (Å²) < 4.78 is 188. The highest BCUT2D eigenvalue weighted by Crippen LogP contribution is 2.53. The molecule has 0 bridgehead atoms. The molecule has 5 saturated heterocycles. The van der Waals surface area contributed by atoms with Gasteiger partial charge in [0.05, 0.1) is 84.0 Å². The number of rotatable bonds is 20. The molecule has 6 aliphatic rings.